The fourth-order valence-electron chi connectivity index (χ4n) is 2.52. The molecule has 2 aromatic carbocycles. The van der Waals surface area contributed by atoms with Crippen LogP contribution < -0.4 is 10.5 Å². The molecule has 0 bridgehead atoms. The highest BCUT2D eigenvalue weighted by atomic mass is 32.2. The third-order valence-electron chi connectivity index (χ3n) is 3.63. The SMILES string of the molecule is Cc1cc(NCc2cccc(S(N)(=O)=O)c2)c2cccc(F)c2n1. The molecule has 0 radical (unpaired) electrons. The third-order valence-corrected chi connectivity index (χ3v) is 4.54. The van der Waals surface area contributed by atoms with Crippen LogP contribution >= 0.6 is 0 Å². The van der Waals surface area contributed by atoms with Crippen molar-refractivity contribution in [2.75, 3.05) is 5.32 Å². The van der Waals surface area contributed by atoms with E-state index >= 15 is 0 Å². The Hall–Kier alpha value is -2.51. The minimum absolute atomic E-state index is 0.0589. The van der Waals surface area contributed by atoms with Crippen LogP contribution in [0.25, 0.3) is 10.9 Å². The zero-order chi connectivity index (χ0) is 17.3. The fraction of sp³-hybridized carbons (Fsp3) is 0.118. The molecule has 3 N–H and O–H groups in total. The minimum Gasteiger partial charge on any atom is -0.380 e. The van der Waals surface area contributed by atoms with Gasteiger partial charge in [0.15, 0.2) is 0 Å². The predicted molar refractivity (Wildman–Crippen MR) is 91.6 cm³/mol. The molecule has 0 aliphatic carbocycles. The van der Waals surface area contributed by atoms with Crippen LogP contribution in [0.1, 0.15) is 11.3 Å². The van der Waals surface area contributed by atoms with E-state index in [0.717, 1.165) is 11.3 Å². The van der Waals surface area contributed by atoms with E-state index in [1.807, 2.05) is 6.07 Å². The minimum atomic E-state index is -3.74. The van der Waals surface area contributed by atoms with Crippen LogP contribution in [0.5, 0.6) is 0 Å². The van der Waals surface area contributed by atoms with Crippen molar-refractivity contribution in [1.29, 1.82) is 0 Å². The average Bonchev–Trinajstić information content (AvgIpc) is 2.53. The second-order valence-corrected chi connectivity index (χ2v) is 7.05. The quantitative estimate of drug-likeness (QED) is 0.761. The molecule has 24 heavy (non-hydrogen) atoms. The van der Waals surface area contributed by atoms with Gasteiger partial charge in [0.1, 0.15) is 11.3 Å². The number of halogens is 1. The van der Waals surface area contributed by atoms with Crippen molar-refractivity contribution in [3.05, 3.63) is 65.6 Å². The van der Waals surface area contributed by atoms with Crippen molar-refractivity contribution < 1.29 is 12.8 Å². The molecule has 3 aromatic rings. The molecule has 1 aromatic heterocycles. The van der Waals surface area contributed by atoms with Gasteiger partial charge in [-0.05, 0) is 36.8 Å². The highest BCUT2D eigenvalue weighted by Gasteiger charge is 2.10. The summed E-state index contributed by atoms with van der Waals surface area (Å²) in [5, 5.41) is 9.02. The third kappa shape index (κ3) is 3.37. The first-order valence-electron chi connectivity index (χ1n) is 7.26. The number of nitrogens with two attached hydrogens (primary N) is 1. The maximum absolute atomic E-state index is 13.9. The molecule has 5 nitrogen and oxygen atoms in total. The largest absolute Gasteiger partial charge is 0.380 e. The summed E-state index contributed by atoms with van der Waals surface area (Å²) in [6, 6.07) is 13.0. The average molecular weight is 345 g/mol. The highest BCUT2D eigenvalue weighted by Crippen LogP contribution is 2.25. The van der Waals surface area contributed by atoms with Crippen LogP contribution in [0.2, 0.25) is 0 Å². The van der Waals surface area contributed by atoms with Gasteiger partial charge in [-0.2, -0.15) is 0 Å². The number of aromatic nitrogens is 1. The Morgan fingerprint density at radius 3 is 2.67 bits per heavy atom. The molecule has 0 unspecified atom stereocenters. The smallest absolute Gasteiger partial charge is 0.238 e. The summed E-state index contributed by atoms with van der Waals surface area (Å²) in [6.45, 7) is 2.16. The van der Waals surface area contributed by atoms with Crippen LogP contribution in [-0.2, 0) is 16.6 Å². The highest BCUT2D eigenvalue weighted by molar-refractivity contribution is 7.89. The van der Waals surface area contributed by atoms with Gasteiger partial charge < -0.3 is 5.32 Å². The van der Waals surface area contributed by atoms with Crippen molar-refractivity contribution in [2.45, 2.75) is 18.4 Å². The number of aryl methyl sites for hydroxylation is 1. The van der Waals surface area contributed by atoms with E-state index in [-0.39, 0.29) is 10.7 Å². The number of sulfonamides is 1. The van der Waals surface area contributed by atoms with Crippen LogP contribution in [0.15, 0.2) is 53.4 Å². The van der Waals surface area contributed by atoms with Gasteiger partial charge in [0, 0.05) is 23.3 Å². The summed E-state index contributed by atoms with van der Waals surface area (Å²) in [7, 11) is -3.74. The van der Waals surface area contributed by atoms with Gasteiger partial charge in [0.2, 0.25) is 10.0 Å². The molecule has 0 saturated carbocycles. The van der Waals surface area contributed by atoms with E-state index in [0.29, 0.717) is 23.1 Å². The molecule has 0 saturated heterocycles. The van der Waals surface area contributed by atoms with Gasteiger partial charge in [-0.3, -0.25) is 0 Å². The van der Waals surface area contributed by atoms with Gasteiger partial charge >= 0.3 is 0 Å². The van der Waals surface area contributed by atoms with Crippen molar-refractivity contribution in [3.63, 3.8) is 0 Å². The molecular weight excluding hydrogens is 329 g/mol. The lowest BCUT2D eigenvalue weighted by Gasteiger charge is -2.12. The molecular formula is C17H16FN3O2S. The van der Waals surface area contributed by atoms with Gasteiger partial charge in [-0.25, -0.2) is 22.9 Å². The number of anilines is 1. The summed E-state index contributed by atoms with van der Waals surface area (Å²) in [6.07, 6.45) is 0. The van der Waals surface area contributed by atoms with E-state index in [1.54, 1.807) is 31.2 Å². The lowest BCUT2D eigenvalue weighted by atomic mass is 10.1. The van der Waals surface area contributed by atoms with Gasteiger partial charge in [-0.15, -0.1) is 0 Å². The standard InChI is InChI=1S/C17H16FN3O2S/c1-11-8-16(14-6-3-7-15(18)17(14)21-11)20-10-12-4-2-5-13(9-12)24(19,22)23/h2-9H,10H2,1H3,(H,20,21)(H2,19,22,23). The lowest BCUT2D eigenvalue weighted by Crippen LogP contribution is -2.12. The van der Waals surface area contributed by atoms with E-state index in [9.17, 15) is 12.8 Å². The molecule has 124 valence electrons. The summed E-state index contributed by atoms with van der Waals surface area (Å²) in [4.78, 5) is 4.29. The molecule has 0 spiro atoms. The zero-order valence-corrected chi connectivity index (χ0v) is 13.8. The topological polar surface area (TPSA) is 85.1 Å². The molecule has 0 aliphatic rings. The fourth-order valence-corrected chi connectivity index (χ4v) is 3.10. The number of primary sulfonamides is 1. The Morgan fingerprint density at radius 2 is 1.92 bits per heavy atom. The van der Waals surface area contributed by atoms with Gasteiger partial charge in [0.05, 0.1) is 4.90 Å². The first-order valence-corrected chi connectivity index (χ1v) is 8.81. The van der Waals surface area contributed by atoms with Crippen molar-refractivity contribution >= 4 is 26.6 Å². The number of fused-ring (bicyclic) bond motifs is 1. The summed E-state index contributed by atoms with van der Waals surface area (Å²) < 4.78 is 36.8. The molecule has 7 heteroatoms. The van der Waals surface area contributed by atoms with Crippen molar-refractivity contribution in [2.24, 2.45) is 5.14 Å². The lowest BCUT2D eigenvalue weighted by molar-refractivity contribution is 0.597. The van der Waals surface area contributed by atoms with E-state index in [2.05, 4.69) is 10.3 Å². The van der Waals surface area contributed by atoms with Crippen LogP contribution in [0.4, 0.5) is 10.1 Å². The maximum Gasteiger partial charge on any atom is 0.238 e. The van der Waals surface area contributed by atoms with Gasteiger partial charge in [-0.1, -0.05) is 24.3 Å². The number of rotatable bonds is 4. The Balaban J connectivity index is 1.93. The molecule has 1 heterocycles. The first kappa shape index (κ1) is 16.4. The first-order chi connectivity index (χ1) is 11.3. The maximum atomic E-state index is 13.9. The molecule has 3 rings (SSSR count). The van der Waals surface area contributed by atoms with Crippen LogP contribution in [-0.4, -0.2) is 13.4 Å². The van der Waals surface area contributed by atoms with Crippen LogP contribution in [0, 0.1) is 12.7 Å². The number of pyridine rings is 1. The Morgan fingerprint density at radius 1 is 1.17 bits per heavy atom. The number of benzene rings is 2. The van der Waals surface area contributed by atoms with Crippen LogP contribution in [0.3, 0.4) is 0 Å². The monoisotopic (exact) mass is 345 g/mol. The van der Waals surface area contributed by atoms with E-state index < -0.39 is 10.0 Å². The number of nitrogens with zero attached hydrogens (tertiary/aromatic N) is 1. The number of hydrogen-bond donors (Lipinski definition) is 2. The Bertz CT molecular complexity index is 1020. The number of para-hydroxylation sites is 1. The molecule has 0 fully saturated rings. The summed E-state index contributed by atoms with van der Waals surface area (Å²) in [5.74, 6) is -0.379. The summed E-state index contributed by atoms with van der Waals surface area (Å²) >= 11 is 0. The Kier molecular flexibility index (Phi) is 4.21. The van der Waals surface area contributed by atoms with E-state index in [1.165, 1.54) is 18.2 Å². The normalized spacial score (nSPS) is 11.6. The second kappa shape index (κ2) is 6.18. The Labute approximate surface area is 139 Å². The molecule has 0 aliphatic heterocycles. The summed E-state index contributed by atoms with van der Waals surface area (Å²) in [5.41, 5.74) is 2.48. The number of hydrogen-bond acceptors (Lipinski definition) is 4. The number of nitrogens with one attached hydrogen (secondary N) is 1. The second-order valence-electron chi connectivity index (χ2n) is 5.49. The van der Waals surface area contributed by atoms with Gasteiger partial charge in [0.25, 0.3) is 0 Å². The molecule has 0 amide bonds. The van der Waals surface area contributed by atoms with Crippen molar-refractivity contribution in [3.8, 4) is 0 Å². The predicted octanol–water partition coefficient (Wildman–Crippen LogP) is 2.94. The molecule has 0 atom stereocenters. The zero-order valence-electron chi connectivity index (χ0n) is 13.0. The van der Waals surface area contributed by atoms with E-state index in [4.69, 9.17) is 5.14 Å². The van der Waals surface area contributed by atoms with Crippen molar-refractivity contribution in [1.82, 2.24) is 4.98 Å².